The molecule has 1 N–H and O–H groups in total. The molecular weight excluding hydrogens is 318 g/mol. The quantitative estimate of drug-likeness (QED) is 0.933. The van der Waals surface area contributed by atoms with Crippen LogP contribution in [0.1, 0.15) is 23.9 Å². The van der Waals surface area contributed by atoms with E-state index >= 15 is 0 Å². The van der Waals surface area contributed by atoms with Gasteiger partial charge in [0, 0.05) is 54.9 Å². The van der Waals surface area contributed by atoms with Crippen LogP contribution in [0.25, 0.3) is 0 Å². The summed E-state index contributed by atoms with van der Waals surface area (Å²) in [6.07, 6.45) is 5.76. The van der Waals surface area contributed by atoms with Crippen molar-refractivity contribution in [3.8, 4) is 5.75 Å². The maximum atomic E-state index is 5.70. The van der Waals surface area contributed by atoms with Crippen molar-refractivity contribution < 1.29 is 4.74 Å². The van der Waals surface area contributed by atoms with E-state index in [1.165, 1.54) is 5.56 Å². The molecule has 2 heterocycles. The average Bonchev–Trinajstić information content (AvgIpc) is 2.85. The highest BCUT2D eigenvalue weighted by Crippen LogP contribution is 2.33. The van der Waals surface area contributed by atoms with Crippen molar-refractivity contribution in [3.63, 3.8) is 0 Å². The summed E-state index contributed by atoms with van der Waals surface area (Å²) in [5.74, 6) is 2.10. The number of halogens is 1. The molecule has 1 aromatic carbocycles. The Balaban J connectivity index is 1.64. The lowest BCUT2D eigenvalue weighted by Gasteiger charge is -2.27. The van der Waals surface area contributed by atoms with Crippen LogP contribution in [-0.4, -0.2) is 22.7 Å². The Morgan fingerprint density at radius 1 is 1.50 bits per heavy atom. The number of nitrogens with zero attached hydrogens (tertiary/aromatic N) is 2. The standard InChI is InChI=1S/C15H18BrN3O/c1-19-8-7-18-15(19)4-6-17-13-5-9-20-14-3-2-11(16)10-12(13)14/h2-3,7-8,10,13,17H,4-6,9H2,1H3. The number of imidazole rings is 1. The van der Waals surface area contributed by atoms with E-state index in [1.54, 1.807) is 0 Å². The second-order valence-corrected chi connectivity index (χ2v) is 5.95. The summed E-state index contributed by atoms with van der Waals surface area (Å²) in [4.78, 5) is 4.35. The first-order valence-electron chi connectivity index (χ1n) is 6.86. The van der Waals surface area contributed by atoms with Crippen LogP contribution in [0.15, 0.2) is 35.1 Å². The number of fused-ring (bicyclic) bond motifs is 1. The number of rotatable bonds is 4. The van der Waals surface area contributed by atoms with Crippen LogP contribution in [-0.2, 0) is 13.5 Å². The minimum absolute atomic E-state index is 0.358. The molecule has 3 rings (SSSR count). The number of aromatic nitrogens is 2. The second kappa shape index (κ2) is 5.97. The summed E-state index contributed by atoms with van der Waals surface area (Å²) in [7, 11) is 2.03. The summed E-state index contributed by atoms with van der Waals surface area (Å²) in [6.45, 7) is 1.69. The van der Waals surface area contributed by atoms with Gasteiger partial charge < -0.3 is 14.6 Å². The Kier molecular flexibility index (Phi) is 4.08. The lowest BCUT2D eigenvalue weighted by Crippen LogP contribution is -2.29. The van der Waals surface area contributed by atoms with Crippen molar-refractivity contribution in [2.75, 3.05) is 13.2 Å². The highest BCUT2D eigenvalue weighted by molar-refractivity contribution is 9.10. The Morgan fingerprint density at radius 2 is 2.40 bits per heavy atom. The second-order valence-electron chi connectivity index (χ2n) is 5.03. The number of hydrogen-bond acceptors (Lipinski definition) is 3. The summed E-state index contributed by atoms with van der Waals surface area (Å²) < 4.78 is 8.86. The van der Waals surface area contributed by atoms with Crippen molar-refractivity contribution in [2.45, 2.75) is 18.9 Å². The summed E-state index contributed by atoms with van der Waals surface area (Å²) in [6, 6.07) is 6.56. The molecule has 1 aliphatic heterocycles. The van der Waals surface area contributed by atoms with Crippen LogP contribution < -0.4 is 10.1 Å². The Bertz CT molecular complexity index is 597. The maximum Gasteiger partial charge on any atom is 0.124 e. The molecule has 5 heteroatoms. The molecule has 4 nitrogen and oxygen atoms in total. The third kappa shape index (κ3) is 2.88. The first-order valence-corrected chi connectivity index (χ1v) is 7.65. The molecule has 2 aromatic rings. The Hall–Kier alpha value is -1.33. The fraction of sp³-hybridized carbons (Fsp3) is 0.400. The molecule has 0 aliphatic carbocycles. The fourth-order valence-corrected chi connectivity index (χ4v) is 2.95. The fourth-order valence-electron chi connectivity index (χ4n) is 2.57. The molecule has 106 valence electrons. The van der Waals surface area contributed by atoms with Crippen molar-refractivity contribution in [1.82, 2.24) is 14.9 Å². The first kappa shape index (κ1) is 13.6. The van der Waals surface area contributed by atoms with Gasteiger partial charge >= 0.3 is 0 Å². The third-order valence-corrected chi connectivity index (χ3v) is 4.16. The van der Waals surface area contributed by atoms with E-state index in [2.05, 4.69) is 36.9 Å². The molecular formula is C15H18BrN3O. The SMILES string of the molecule is Cn1ccnc1CCNC1CCOc2ccc(Br)cc21. The third-order valence-electron chi connectivity index (χ3n) is 3.67. The van der Waals surface area contributed by atoms with E-state index in [-0.39, 0.29) is 0 Å². The van der Waals surface area contributed by atoms with Gasteiger partial charge in [-0.1, -0.05) is 15.9 Å². The molecule has 1 aromatic heterocycles. The molecule has 0 radical (unpaired) electrons. The van der Waals surface area contributed by atoms with Crippen LogP contribution in [0.2, 0.25) is 0 Å². The van der Waals surface area contributed by atoms with Crippen LogP contribution >= 0.6 is 15.9 Å². The van der Waals surface area contributed by atoms with E-state index in [0.29, 0.717) is 6.04 Å². The summed E-state index contributed by atoms with van der Waals surface area (Å²) >= 11 is 3.53. The van der Waals surface area contributed by atoms with Gasteiger partial charge in [-0.15, -0.1) is 0 Å². The molecule has 1 atom stereocenters. The Labute approximate surface area is 127 Å². The number of nitrogens with one attached hydrogen (secondary N) is 1. The van der Waals surface area contributed by atoms with Crippen molar-refractivity contribution in [3.05, 3.63) is 46.5 Å². The van der Waals surface area contributed by atoms with Crippen LogP contribution in [0.5, 0.6) is 5.75 Å². The van der Waals surface area contributed by atoms with Gasteiger partial charge in [0.15, 0.2) is 0 Å². The van der Waals surface area contributed by atoms with Crippen LogP contribution in [0, 0.1) is 0 Å². The summed E-state index contributed by atoms with van der Waals surface area (Å²) in [5, 5.41) is 3.62. The van der Waals surface area contributed by atoms with Crippen LogP contribution in [0.3, 0.4) is 0 Å². The number of ether oxygens (including phenoxy) is 1. The van der Waals surface area contributed by atoms with E-state index in [1.807, 2.05) is 31.6 Å². The number of hydrogen-bond donors (Lipinski definition) is 1. The van der Waals surface area contributed by atoms with E-state index < -0.39 is 0 Å². The monoisotopic (exact) mass is 335 g/mol. The van der Waals surface area contributed by atoms with Gasteiger partial charge in [-0.25, -0.2) is 4.98 Å². The zero-order valence-electron chi connectivity index (χ0n) is 11.5. The van der Waals surface area contributed by atoms with E-state index in [9.17, 15) is 0 Å². The maximum absolute atomic E-state index is 5.70. The van der Waals surface area contributed by atoms with Gasteiger partial charge in [0.1, 0.15) is 11.6 Å². The molecule has 0 saturated heterocycles. The van der Waals surface area contributed by atoms with E-state index in [0.717, 1.165) is 42.0 Å². The first-order chi connectivity index (χ1) is 9.74. The van der Waals surface area contributed by atoms with Crippen molar-refractivity contribution in [1.29, 1.82) is 0 Å². The molecule has 1 unspecified atom stereocenters. The normalized spacial score (nSPS) is 17.6. The predicted molar refractivity (Wildman–Crippen MR) is 81.9 cm³/mol. The lowest BCUT2D eigenvalue weighted by atomic mass is 10.0. The molecule has 0 saturated carbocycles. The average molecular weight is 336 g/mol. The molecule has 0 bridgehead atoms. The van der Waals surface area contributed by atoms with Gasteiger partial charge in [0.25, 0.3) is 0 Å². The zero-order chi connectivity index (χ0) is 13.9. The van der Waals surface area contributed by atoms with Gasteiger partial charge in [-0.2, -0.15) is 0 Å². The highest BCUT2D eigenvalue weighted by Gasteiger charge is 2.21. The van der Waals surface area contributed by atoms with Gasteiger partial charge in [-0.05, 0) is 18.2 Å². The van der Waals surface area contributed by atoms with Gasteiger partial charge in [-0.3, -0.25) is 0 Å². The predicted octanol–water partition coefficient (Wildman–Crippen LogP) is 2.84. The Morgan fingerprint density at radius 3 is 3.20 bits per heavy atom. The molecule has 0 amide bonds. The lowest BCUT2D eigenvalue weighted by molar-refractivity contribution is 0.253. The zero-order valence-corrected chi connectivity index (χ0v) is 13.1. The smallest absolute Gasteiger partial charge is 0.124 e. The number of benzene rings is 1. The molecule has 0 spiro atoms. The van der Waals surface area contributed by atoms with Crippen molar-refractivity contribution in [2.24, 2.45) is 7.05 Å². The number of aryl methyl sites for hydroxylation is 1. The van der Waals surface area contributed by atoms with Crippen molar-refractivity contribution >= 4 is 15.9 Å². The highest BCUT2D eigenvalue weighted by atomic mass is 79.9. The van der Waals surface area contributed by atoms with E-state index in [4.69, 9.17) is 4.74 Å². The molecule has 20 heavy (non-hydrogen) atoms. The largest absolute Gasteiger partial charge is 0.493 e. The topological polar surface area (TPSA) is 39.1 Å². The molecule has 1 aliphatic rings. The van der Waals surface area contributed by atoms with Crippen LogP contribution in [0.4, 0.5) is 0 Å². The van der Waals surface area contributed by atoms with Gasteiger partial charge in [0.2, 0.25) is 0 Å². The van der Waals surface area contributed by atoms with Gasteiger partial charge in [0.05, 0.1) is 6.61 Å². The summed E-state index contributed by atoms with van der Waals surface area (Å²) in [5.41, 5.74) is 1.24. The minimum Gasteiger partial charge on any atom is -0.493 e. The molecule has 0 fully saturated rings. The minimum atomic E-state index is 0.358.